The molecular formula is C34H36N4O3. The standard InChI is InChI=1S/C34H36N4O3/c35-30(26-9-5-2-6-10-26)21-37-27-13-11-24(12-14-27)19-20-36-22-31(39)28-15-17-32(34-29(28)16-18-33(40)38-34)41-23-25-7-3-1-4-8-25/h1-18,30-31,36-37,39H,19-23,35H2,(H,38,40)/t30?,31-/m0/s1. The second-order valence-corrected chi connectivity index (χ2v) is 10.1. The molecule has 7 heteroatoms. The zero-order valence-electron chi connectivity index (χ0n) is 22.9. The van der Waals surface area contributed by atoms with Crippen molar-refractivity contribution in [2.24, 2.45) is 5.73 Å². The molecule has 7 nitrogen and oxygen atoms in total. The number of aromatic nitrogens is 1. The summed E-state index contributed by atoms with van der Waals surface area (Å²) in [5, 5.41) is 18.5. The highest BCUT2D eigenvalue weighted by atomic mass is 16.5. The third-order valence-electron chi connectivity index (χ3n) is 7.12. The van der Waals surface area contributed by atoms with Crippen LogP contribution in [0, 0.1) is 0 Å². The van der Waals surface area contributed by atoms with E-state index in [1.165, 1.54) is 11.6 Å². The molecule has 0 radical (unpaired) electrons. The summed E-state index contributed by atoms with van der Waals surface area (Å²) in [5.74, 6) is 0.574. The molecule has 0 aliphatic heterocycles. The van der Waals surface area contributed by atoms with Crippen LogP contribution in [-0.4, -0.2) is 29.7 Å². The van der Waals surface area contributed by atoms with E-state index in [1.807, 2.05) is 72.8 Å². The smallest absolute Gasteiger partial charge is 0.248 e. The van der Waals surface area contributed by atoms with Gasteiger partial charge in [-0.25, -0.2) is 0 Å². The van der Waals surface area contributed by atoms with Gasteiger partial charge in [0.1, 0.15) is 12.4 Å². The number of hydrogen-bond donors (Lipinski definition) is 5. The zero-order chi connectivity index (χ0) is 28.4. The second-order valence-electron chi connectivity index (χ2n) is 10.1. The number of pyridine rings is 1. The Morgan fingerprint density at radius 3 is 2.29 bits per heavy atom. The predicted octanol–water partition coefficient (Wildman–Crippen LogP) is 5.08. The van der Waals surface area contributed by atoms with Crippen LogP contribution < -0.4 is 26.7 Å². The highest BCUT2D eigenvalue weighted by molar-refractivity contribution is 5.87. The van der Waals surface area contributed by atoms with Crippen LogP contribution in [0.15, 0.2) is 114 Å². The third-order valence-corrected chi connectivity index (χ3v) is 7.12. The molecular weight excluding hydrogens is 512 g/mol. The van der Waals surface area contributed by atoms with Crippen LogP contribution in [-0.2, 0) is 13.0 Å². The summed E-state index contributed by atoms with van der Waals surface area (Å²) in [6.45, 7) is 2.14. The quantitative estimate of drug-likeness (QED) is 0.131. The molecule has 1 unspecified atom stereocenters. The van der Waals surface area contributed by atoms with Crippen LogP contribution in [0.5, 0.6) is 5.75 Å². The predicted molar refractivity (Wildman–Crippen MR) is 165 cm³/mol. The fourth-order valence-electron chi connectivity index (χ4n) is 4.81. The first-order valence-corrected chi connectivity index (χ1v) is 13.9. The number of aliphatic hydroxyl groups excluding tert-OH is 1. The Balaban J connectivity index is 1.12. The number of nitrogens with two attached hydrogens (primary N) is 1. The van der Waals surface area contributed by atoms with Gasteiger partial charge in [-0.05, 0) is 59.5 Å². The van der Waals surface area contributed by atoms with Gasteiger partial charge in [0.25, 0.3) is 0 Å². The first kappa shape index (κ1) is 28.1. The molecule has 1 aromatic heterocycles. The van der Waals surface area contributed by atoms with E-state index >= 15 is 0 Å². The molecule has 2 atom stereocenters. The largest absolute Gasteiger partial charge is 0.487 e. The van der Waals surface area contributed by atoms with Crippen molar-refractivity contribution in [3.8, 4) is 5.75 Å². The molecule has 5 rings (SSSR count). The molecule has 0 bridgehead atoms. The summed E-state index contributed by atoms with van der Waals surface area (Å²) in [6, 6.07) is 35.1. The monoisotopic (exact) mass is 548 g/mol. The third kappa shape index (κ3) is 7.61. The number of hydrogen-bond acceptors (Lipinski definition) is 6. The van der Waals surface area contributed by atoms with E-state index in [0.29, 0.717) is 31.0 Å². The topological polar surface area (TPSA) is 112 Å². The minimum atomic E-state index is -0.744. The van der Waals surface area contributed by atoms with Gasteiger partial charge in [0.05, 0.1) is 11.6 Å². The van der Waals surface area contributed by atoms with Gasteiger partial charge >= 0.3 is 0 Å². The number of H-pyrrole nitrogens is 1. The Kier molecular flexibility index (Phi) is 9.44. The summed E-state index contributed by atoms with van der Waals surface area (Å²) >= 11 is 0. The molecule has 210 valence electrons. The molecule has 0 aliphatic rings. The minimum absolute atomic E-state index is 0.0677. The Hall–Kier alpha value is -4.43. The molecule has 0 aliphatic carbocycles. The van der Waals surface area contributed by atoms with Crippen LogP contribution in [0.1, 0.15) is 34.4 Å². The van der Waals surface area contributed by atoms with Gasteiger partial charge in [-0.2, -0.15) is 0 Å². The molecule has 41 heavy (non-hydrogen) atoms. The Labute approximate surface area is 240 Å². The second kappa shape index (κ2) is 13.8. The average molecular weight is 549 g/mol. The summed E-state index contributed by atoms with van der Waals surface area (Å²) in [7, 11) is 0. The van der Waals surface area contributed by atoms with Crippen molar-refractivity contribution in [2.45, 2.75) is 25.2 Å². The van der Waals surface area contributed by atoms with Crippen molar-refractivity contribution in [3.63, 3.8) is 0 Å². The molecule has 0 spiro atoms. The lowest BCUT2D eigenvalue weighted by Gasteiger charge is -2.17. The molecule has 1 heterocycles. The number of anilines is 1. The Morgan fingerprint density at radius 1 is 0.805 bits per heavy atom. The normalized spacial score (nSPS) is 12.6. The van der Waals surface area contributed by atoms with E-state index < -0.39 is 6.10 Å². The molecule has 0 saturated heterocycles. The first-order chi connectivity index (χ1) is 20.1. The van der Waals surface area contributed by atoms with Crippen molar-refractivity contribution in [3.05, 3.63) is 142 Å². The average Bonchev–Trinajstić information content (AvgIpc) is 3.02. The van der Waals surface area contributed by atoms with E-state index in [0.717, 1.165) is 40.7 Å². The number of aromatic amines is 1. The molecule has 5 aromatic rings. The first-order valence-electron chi connectivity index (χ1n) is 13.9. The maximum atomic E-state index is 12.1. The molecule has 0 fully saturated rings. The maximum absolute atomic E-state index is 12.1. The number of ether oxygens (including phenoxy) is 1. The van der Waals surface area contributed by atoms with Crippen LogP contribution in [0.4, 0.5) is 5.69 Å². The molecule has 0 amide bonds. The van der Waals surface area contributed by atoms with Gasteiger partial charge in [-0.15, -0.1) is 0 Å². The van der Waals surface area contributed by atoms with Crippen LogP contribution in [0.25, 0.3) is 10.9 Å². The van der Waals surface area contributed by atoms with E-state index in [1.54, 1.807) is 6.07 Å². The SMILES string of the molecule is NC(CNc1ccc(CCNC[C@H](O)c2ccc(OCc3ccccc3)c3[nH]c(=O)ccc23)cc1)c1ccccc1. The maximum Gasteiger partial charge on any atom is 0.248 e. The van der Waals surface area contributed by atoms with Gasteiger partial charge < -0.3 is 31.2 Å². The molecule has 0 saturated carbocycles. The summed E-state index contributed by atoms with van der Waals surface area (Å²) in [6.07, 6.45) is 0.0867. The van der Waals surface area contributed by atoms with Crippen molar-refractivity contribution in [1.29, 1.82) is 0 Å². The summed E-state index contributed by atoms with van der Waals surface area (Å²) in [5.41, 5.74) is 11.8. The van der Waals surface area contributed by atoms with Gasteiger partial charge in [-0.1, -0.05) is 78.9 Å². The number of benzene rings is 4. The number of rotatable bonds is 13. The van der Waals surface area contributed by atoms with Gasteiger partial charge in [-0.3, -0.25) is 4.79 Å². The van der Waals surface area contributed by atoms with Crippen molar-refractivity contribution < 1.29 is 9.84 Å². The fourth-order valence-corrected chi connectivity index (χ4v) is 4.81. The van der Waals surface area contributed by atoms with Crippen molar-refractivity contribution >= 4 is 16.6 Å². The Bertz CT molecular complexity index is 1590. The van der Waals surface area contributed by atoms with Crippen LogP contribution in [0.3, 0.4) is 0 Å². The van der Waals surface area contributed by atoms with E-state index in [9.17, 15) is 9.90 Å². The van der Waals surface area contributed by atoms with Crippen LogP contribution in [0.2, 0.25) is 0 Å². The highest BCUT2D eigenvalue weighted by Gasteiger charge is 2.15. The summed E-state index contributed by atoms with van der Waals surface area (Å²) < 4.78 is 6.02. The number of aliphatic hydroxyl groups is 1. The Morgan fingerprint density at radius 2 is 1.54 bits per heavy atom. The van der Waals surface area contributed by atoms with Crippen LogP contribution >= 0.6 is 0 Å². The number of fused-ring (bicyclic) bond motifs is 1. The van der Waals surface area contributed by atoms with E-state index in [4.69, 9.17) is 10.5 Å². The zero-order valence-corrected chi connectivity index (χ0v) is 22.9. The van der Waals surface area contributed by atoms with E-state index in [-0.39, 0.29) is 11.6 Å². The van der Waals surface area contributed by atoms with E-state index in [2.05, 4.69) is 39.9 Å². The minimum Gasteiger partial charge on any atom is -0.487 e. The lowest BCUT2D eigenvalue weighted by molar-refractivity contribution is 0.176. The lowest BCUT2D eigenvalue weighted by Crippen LogP contribution is -2.24. The highest BCUT2D eigenvalue weighted by Crippen LogP contribution is 2.30. The van der Waals surface area contributed by atoms with Crippen molar-refractivity contribution in [2.75, 3.05) is 25.0 Å². The molecule has 6 N–H and O–H groups in total. The van der Waals surface area contributed by atoms with Gasteiger partial charge in [0.2, 0.25) is 5.56 Å². The lowest BCUT2D eigenvalue weighted by atomic mass is 10.0. The summed E-state index contributed by atoms with van der Waals surface area (Å²) in [4.78, 5) is 15.0. The van der Waals surface area contributed by atoms with Gasteiger partial charge in [0, 0.05) is 36.3 Å². The van der Waals surface area contributed by atoms with Crippen molar-refractivity contribution in [1.82, 2.24) is 10.3 Å². The number of nitrogens with one attached hydrogen (secondary N) is 3. The van der Waals surface area contributed by atoms with Gasteiger partial charge in [0.15, 0.2) is 0 Å². The fraction of sp³-hybridized carbons (Fsp3) is 0.206. The molecule has 4 aromatic carbocycles.